The first-order valence-corrected chi connectivity index (χ1v) is 8.95. The Kier molecular flexibility index (Phi) is 5.08. The molecule has 2 aromatic rings. The van der Waals surface area contributed by atoms with E-state index < -0.39 is 0 Å². The van der Waals surface area contributed by atoms with Crippen LogP contribution in [0.4, 0.5) is 5.69 Å². The van der Waals surface area contributed by atoms with Crippen molar-refractivity contribution in [2.24, 2.45) is 11.8 Å². The minimum Gasteiger partial charge on any atom is -0.377 e. The summed E-state index contributed by atoms with van der Waals surface area (Å²) in [4.78, 5) is 19.2. The van der Waals surface area contributed by atoms with Gasteiger partial charge in [0, 0.05) is 12.8 Å². The highest BCUT2D eigenvalue weighted by atomic mass is 32.1. The molecular formula is C18H22N2O2S. The van der Waals surface area contributed by atoms with E-state index in [2.05, 4.69) is 30.3 Å². The van der Waals surface area contributed by atoms with E-state index in [9.17, 15) is 4.79 Å². The van der Waals surface area contributed by atoms with Crippen molar-refractivity contribution in [2.75, 3.05) is 11.5 Å². The fourth-order valence-electron chi connectivity index (χ4n) is 3.11. The number of carbonyl (C=O) groups is 1. The summed E-state index contributed by atoms with van der Waals surface area (Å²) in [5, 5.41) is 4.12. The molecule has 1 aliphatic rings. The molecule has 0 aliphatic carbocycles. The van der Waals surface area contributed by atoms with Gasteiger partial charge in [-0.2, -0.15) is 11.3 Å². The number of rotatable bonds is 5. The van der Waals surface area contributed by atoms with Crippen LogP contribution >= 0.6 is 11.3 Å². The fourth-order valence-corrected chi connectivity index (χ4v) is 3.77. The van der Waals surface area contributed by atoms with Gasteiger partial charge in [-0.15, -0.1) is 0 Å². The number of hydrogen-bond acceptors (Lipinski definition) is 4. The Morgan fingerprint density at radius 3 is 3.00 bits per heavy atom. The van der Waals surface area contributed by atoms with Gasteiger partial charge in [-0.05, 0) is 46.9 Å². The molecule has 3 rings (SSSR count). The van der Waals surface area contributed by atoms with Gasteiger partial charge in [0.25, 0.3) is 0 Å². The fraction of sp³-hybridized carbons (Fsp3) is 0.444. The molecule has 2 unspecified atom stereocenters. The van der Waals surface area contributed by atoms with Gasteiger partial charge in [-0.3, -0.25) is 9.78 Å². The molecule has 23 heavy (non-hydrogen) atoms. The summed E-state index contributed by atoms with van der Waals surface area (Å²) in [7, 11) is 0. The number of thiophene rings is 1. The largest absolute Gasteiger partial charge is 0.377 e. The highest BCUT2D eigenvalue weighted by Gasteiger charge is 2.38. The molecule has 1 fully saturated rings. The number of ether oxygens (including phenoxy) is 1. The summed E-state index contributed by atoms with van der Waals surface area (Å²) in [6.45, 7) is 5.47. The third kappa shape index (κ3) is 3.62. The first-order valence-electron chi connectivity index (χ1n) is 8.01. The predicted octanol–water partition coefficient (Wildman–Crippen LogP) is 3.74. The number of amides is 1. The van der Waals surface area contributed by atoms with Crippen molar-refractivity contribution in [3.63, 3.8) is 0 Å². The van der Waals surface area contributed by atoms with E-state index >= 15 is 0 Å². The molecule has 3 heterocycles. The molecule has 0 saturated carbocycles. The number of aromatic nitrogens is 1. The van der Waals surface area contributed by atoms with E-state index in [1.54, 1.807) is 23.7 Å². The van der Waals surface area contributed by atoms with E-state index in [1.807, 2.05) is 22.4 Å². The smallest absolute Gasteiger partial charge is 0.233 e. The first-order chi connectivity index (χ1) is 11.2. The lowest BCUT2D eigenvalue weighted by atomic mass is 9.91. The maximum atomic E-state index is 13.2. The van der Waals surface area contributed by atoms with Gasteiger partial charge in [0.15, 0.2) is 0 Å². The van der Waals surface area contributed by atoms with Crippen LogP contribution in [0.15, 0.2) is 41.4 Å². The Morgan fingerprint density at radius 2 is 2.35 bits per heavy atom. The molecule has 5 heteroatoms. The van der Waals surface area contributed by atoms with Crippen molar-refractivity contribution in [3.05, 3.63) is 46.9 Å². The third-order valence-corrected chi connectivity index (χ3v) is 4.99. The average molecular weight is 330 g/mol. The van der Waals surface area contributed by atoms with Crippen molar-refractivity contribution >= 4 is 22.9 Å². The topological polar surface area (TPSA) is 42.4 Å². The number of pyridine rings is 1. The monoisotopic (exact) mass is 330 g/mol. The normalized spacial score (nSPS) is 20.8. The van der Waals surface area contributed by atoms with Gasteiger partial charge in [0.1, 0.15) is 0 Å². The highest BCUT2D eigenvalue weighted by molar-refractivity contribution is 7.07. The zero-order valence-corrected chi connectivity index (χ0v) is 14.3. The quantitative estimate of drug-likeness (QED) is 0.839. The second-order valence-corrected chi connectivity index (χ2v) is 7.02. The Hall–Kier alpha value is -1.72. The zero-order valence-electron chi connectivity index (χ0n) is 13.5. The van der Waals surface area contributed by atoms with Gasteiger partial charge in [0.05, 0.1) is 30.5 Å². The standard InChI is InChI=1S/C18H22N2O2S/c1-13(2)17-16(5-8-22-17)18(21)20(11-14-6-9-23-12-14)15-4-3-7-19-10-15/h3-4,6-7,9-10,12-13,16-17H,5,8,11H2,1-2H3. The van der Waals surface area contributed by atoms with Gasteiger partial charge in [-0.1, -0.05) is 13.8 Å². The molecule has 0 spiro atoms. The molecular weight excluding hydrogens is 308 g/mol. The van der Waals surface area contributed by atoms with Crippen LogP contribution < -0.4 is 4.90 Å². The molecule has 2 atom stereocenters. The maximum absolute atomic E-state index is 13.2. The van der Waals surface area contributed by atoms with Gasteiger partial charge in [0.2, 0.25) is 5.91 Å². The molecule has 0 bridgehead atoms. The van der Waals surface area contributed by atoms with Crippen molar-refractivity contribution in [3.8, 4) is 0 Å². The number of carbonyl (C=O) groups excluding carboxylic acids is 1. The minimum absolute atomic E-state index is 0.00384. The first kappa shape index (κ1) is 16.1. The van der Waals surface area contributed by atoms with Crippen molar-refractivity contribution in [1.82, 2.24) is 4.98 Å². The molecule has 1 aliphatic heterocycles. The van der Waals surface area contributed by atoms with Gasteiger partial charge >= 0.3 is 0 Å². The SMILES string of the molecule is CC(C)C1OCCC1C(=O)N(Cc1ccsc1)c1cccnc1. The maximum Gasteiger partial charge on any atom is 0.233 e. The van der Waals surface area contributed by atoms with Crippen molar-refractivity contribution in [2.45, 2.75) is 32.9 Å². The third-order valence-electron chi connectivity index (χ3n) is 4.25. The summed E-state index contributed by atoms with van der Waals surface area (Å²) in [5.41, 5.74) is 1.99. The number of anilines is 1. The van der Waals surface area contributed by atoms with Crippen LogP contribution in [0, 0.1) is 11.8 Å². The van der Waals surface area contributed by atoms with Gasteiger partial charge in [-0.25, -0.2) is 0 Å². The molecule has 0 radical (unpaired) electrons. The second kappa shape index (κ2) is 7.23. The Bertz CT molecular complexity index is 628. The van der Waals surface area contributed by atoms with Crippen LogP contribution in [-0.2, 0) is 16.1 Å². The summed E-state index contributed by atoms with van der Waals surface area (Å²) in [6.07, 6.45) is 4.28. The van der Waals surface area contributed by atoms with Gasteiger partial charge < -0.3 is 9.64 Å². The lowest BCUT2D eigenvalue weighted by Crippen LogP contribution is -2.40. The Labute approximate surface area is 141 Å². The van der Waals surface area contributed by atoms with E-state index in [-0.39, 0.29) is 17.9 Å². The lowest BCUT2D eigenvalue weighted by molar-refractivity contribution is -0.125. The van der Waals surface area contributed by atoms with Crippen LogP contribution in [0.2, 0.25) is 0 Å². The number of hydrogen-bond donors (Lipinski definition) is 0. The van der Waals surface area contributed by atoms with E-state index in [4.69, 9.17) is 4.74 Å². The molecule has 0 aromatic carbocycles. The van der Waals surface area contributed by atoms with E-state index in [1.165, 1.54) is 0 Å². The summed E-state index contributed by atoms with van der Waals surface area (Å²) >= 11 is 1.65. The predicted molar refractivity (Wildman–Crippen MR) is 92.4 cm³/mol. The van der Waals surface area contributed by atoms with Crippen molar-refractivity contribution < 1.29 is 9.53 Å². The highest BCUT2D eigenvalue weighted by Crippen LogP contribution is 2.31. The average Bonchev–Trinajstić information content (AvgIpc) is 3.24. The summed E-state index contributed by atoms with van der Waals surface area (Å²) in [5.74, 6) is 0.401. The van der Waals surface area contributed by atoms with Crippen LogP contribution in [0.25, 0.3) is 0 Å². The number of nitrogens with zero attached hydrogens (tertiary/aromatic N) is 2. The van der Waals surface area contributed by atoms with Crippen molar-refractivity contribution in [1.29, 1.82) is 0 Å². The second-order valence-electron chi connectivity index (χ2n) is 6.24. The minimum atomic E-state index is -0.0751. The summed E-state index contributed by atoms with van der Waals surface area (Å²) < 4.78 is 5.81. The molecule has 2 aromatic heterocycles. The van der Waals surface area contributed by atoms with E-state index in [0.29, 0.717) is 19.1 Å². The zero-order chi connectivity index (χ0) is 16.2. The molecule has 1 saturated heterocycles. The molecule has 1 amide bonds. The Morgan fingerprint density at radius 1 is 1.48 bits per heavy atom. The van der Waals surface area contributed by atoms with Crippen LogP contribution in [-0.4, -0.2) is 23.6 Å². The Balaban J connectivity index is 1.87. The van der Waals surface area contributed by atoms with Crippen LogP contribution in [0.3, 0.4) is 0 Å². The molecule has 0 N–H and O–H groups in total. The van der Waals surface area contributed by atoms with Crippen LogP contribution in [0.5, 0.6) is 0 Å². The molecule has 122 valence electrons. The molecule has 4 nitrogen and oxygen atoms in total. The lowest BCUT2D eigenvalue weighted by Gasteiger charge is -2.28. The van der Waals surface area contributed by atoms with Crippen LogP contribution in [0.1, 0.15) is 25.8 Å². The summed E-state index contributed by atoms with van der Waals surface area (Å²) in [6, 6.07) is 5.87. The van der Waals surface area contributed by atoms with E-state index in [0.717, 1.165) is 17.7 Å².